The lowest BCUT2D eigenvalue weighted by Crippen LogP contribution is -2.29. The molecule has 0 saturated carbocycles. The zero-order chi connectivity index (χ0) is 14.7. The molecule has 0 aliphatic heterocycles. The van der Waals surface area contributed by atoms with E-state index >= 15 is 0 Å². The van der Waals surface area contributed by atoms with Gasteiger partial charge < -0.3 is 14.8 Å². The molecule has 0 atom stereocenters. The minimum atomic E-state index is -0.000182. The van der Waals surface area contributed by atoms with Crippen molar-refractivity contribution in [3.63, 3.8) is 0 Å². The van der Waals surface area contributed by atoms with Crippen molar-refractivity contribution in [2.24, 2.45) is 0 Å². The van der Waals surface area contributed by atoms with Crippen LogP contribution in [0.1, 0.15) is 24.2 Å². The third-order valence-corrected chi connectivity index (χ3v) is 3.24. The van der Waals surface area contributed by atoms with Crippen LogP contribution in [0.5, 0.6) is 0 Å². The van der Waals surface area contributed by atoms with E-state index < -0.39 is 0 Å². The first-order valence-electron chi connectivity index (χ1n) is 7.02. The predicted octanol–water partition coefficient (Wildman–Crippen LogP) is 2.34. The van der Waals surface area contributed by atoms with Gasteiger partial charge >= 0.3 is 0 Å². The zero-order valence-corrected chi connectivity index (χ0v) is 12.7. The van der Waals surface area contributed by atoms with Gasteiger partial charge in [0.2, 0.25) is 0 Å². The third-order valence-electron chi connectivity index (χ3n) is 3.24. The van der Waals surface area contributed by atoms with Crippen LogP contribution in [-0.2, 0) is 6.54 Å². The number of para-hydroxylation sites is 1. The van der Waals surface area contributed by atoms with Gasteiger partial charge in [-0.25, -0.2) is 0 Å². The Kier molecular flexibility index (Phi) is 4.45. The molecule has 0 fully saturated rings. The molecule has 0 saturated heterocycles. The first-order valence-corrected chi connectivity index (χ1v) is 7.02. The second-order valence-electron chi connectivity index (χ2n) is 5.68. The maximum atomic E-state index is 12.3. The van der Waals surface area contributed by atoms with E-state index in [1.807, 2.05) is 38.2 Å². The number of fused-ring (bicyclic) bond motifs is 1. The summed E-state index contributed by atoms with van der Waals surface area (Å²) in [5.41, 5.74) is 1.87. The SMILES string of the molecule is CC(C)NC(=O)c1cn(CCN(C)C)c2ccccc12. The Balaban J connectivity index is 2.37. The van der Waals surface area contributed by atoms with E-state index in [1.165, 1.54) is 0 Å². The van der Waals surface area contributed by atoms with Crippen molar-refractivity contribution < 1.29 is 4.79 Å². The molecular weight excluding hydrogens is 250 g/mol. The van der Waals surface area contributed by atoms with Gasteiger partial charge in [-0.1, -0.05) is 18.2 Å². The van der Waals surface area contributed by atoms with Gasteiger partial charge in [0, 0.05) is 36.2 Å². The summed E-state index contributed by atoms with van der Waals surface area (Å²) < 4.78 is 2.16. The standard InChI is InChI=1S/C16H23N3O/c1-12(2)17-16(20)14-11-19(10-9-18(3)4)15-8-6-5-7-13(14)15/h5-8,11-12H,9-10H2,1-4H3,(H,17,20). The number of benzene rings is 1. The molecule has 0 unspecified atom stereocenters. The van der Waals surface area contributed by atoms with Gasteiger partial charge in [0.15, 0.2) is 0 Å². The number of hydrogen-bond donors (Lipinski definition) is 1. The van der Waals surface area contributed by atoms with Crippen LogP contribution in [0.3, 0.4) is 0 Å². The highest BCUT2D eigenvalue weighted by atomic mass is 16.1. The van der Waals surface area contributed by atoms with Gasteiger partial charge in [0.25, 0.3) is 5.91 Å². The average molecular weight is 273 g/mol. The summed E-state index contributed by atoms with van der Waals surface area (Å²) in [6.07, 6.45) is 1.96. The first-order chi connectivity index (χ1) is 9.49. The van der Waals surface area contributed by atoms with Crippen molar-refractivity contribution in [3.8, 4) is 0 Å². The maximum absolute atomic E-state index is 12.3. The number of amides is 1. The zero-order valence-electron chi connectivity index (χ0n) is 12.7. The Morgan fingerprint density at radius 3 is 2.65 bits per heavy atom. The van der Waals surface area contributed by atoms with Gasteiger partial charge in [0.1, 0.15) is 0 Å². The summed E-state index contributed by atoms with van der Waals surface area (Å²) in [7, 11) is 4.11. The maximum Gasteiger partial charge on any atom is 0.253 e. The van der Waals surface area contributed by atoms with Gasteiger partial charge in [0.05, 0.1) is 5.56 Å². The van der Waals surface area contributed by atoms with Crippen LogP contribution in [0.2, 0.25) is 0 Å². The third kappa shape index (κ3) is 3.20. The monoisotopic (exact) mass is 273 g/mol. The molecule has 4 nitrogen and oxygen atoms in total. The molecule has 4 heteroatoms. The molecule has 0 spiro atoms. The minimum absolute atomic E-state index is 0.000182. The molecule has 2 aromatic rings. The molecular formula is C16H23N3O. The van der Waals surface area contributed by atoms with Crippen LogP contribution in [0.25, 0.3) is 10.9 Å². The van der Waals surface area contributed by atoms with E-state index in [0.717, 1.165) is 29.6 Å². The fourth-order valence-electron chi connectivity index (χ4n) is 2.26. The number of carbonyl (C=O) groups is 1. The first kappa shape index (κ1) is 14.6. The number of carbonyl (C=O) groups excluding carboxylic acids is 1. The van der Waals surface area contributed by atoms with Crippen molar-refractivity contribution in [2.45, 2.75) is 26.4 Å². The number of hydrogen-bond acceptors (Lipinski definition) is 2. The summed E-state index contributed by atoms with van der Waals surface area (Å²) in [6, 6.07) is 8.21. The van der Waals surface area contributed by atoms with E-state index in [9.17, 15) is 4.79 Å². The number of aromatic nitrogens is 1. The summed E-state index contributed by atoms with van der Waals surface area (Å²) in [5, 5.41) is 3.98. The van der Waals surface area contributed by atoms with E-state index in [1.54, 1.807) is 0 Å². The minimum Gasteiger partial charge on any atom is -0.350 e. The smallest absolute Gasteiger partial charge is 0.253 e. The fraction of sp³-hybridized carbons (Fsp3) is 0.438. The summed E-state index contributed by atoms with van der Waals surface area (Å²) >= 11 is 0. The van der Waals surface area contributed by atoms with E-state index in [4.69, 9.17) is 0 Å². The van der Waals surface area contributed by atoms with Crippen LogP contribution in [0.4, 0.5) is 0 Å². The molecule has 1 N–H and O–H groups in total. The highest BCUT2D eigenvalue weighted by Crippen LogP contribution is 2.21. The Labute approximate surface area is 120 Å². The Bertz CT molecular complexity index is 599. The van der Waals surface area contributed by atoms with Crippen LogP contribution in [0, 0.1) is 0 Å². The molecule has 1 heterocycles. The number of rotatable bonds is 5. The molecule has 1 aromatic heterocycles. The summed E-state index contributed by atoms with van der Waals surface area (Å²) in [6.45, 7) is 5.78. The molecule has 0 bridgehead atoms. The fourth-order valence-corrected chi connectivity index (χ4v) is 2.26. The topological polar surface area (TPSA) is 37.3 Å². The lowest BCUT2D eigenvalue weighted by atomic mass is 10.1. The second kappa shape index (κ2) is 6.09. The van der Waals surface area contributed by atoms with Gasteiger partial charge in [-0.2, -0.15) is 0 Å². The van der Waals surface area contributed by atoms with Crippen molar-refractivity contribution in [1.82, 2.24) is 14.8 Å². The van der Waals surface area contributed by atoms with Crippen molar-refractivity contribution in [1.29, 1.82) is 0 Å². The molecule has 108 valence electrons. The number of likely N-dealkylation sites (N-methyl/N-ethyl adjacent to an activating group) is 1. The van der Waals surface area contributed by atoms with Crippen LogP contribution >= 0.6 is 0 Å². The summed E-state index contributed by atoms with van der Waals surface area (Å²) in [5.74, 6) is -0.000182. The molecule has 1 aromatic carbocycles. The highest BCUT2D eigenvalue weighted by Gasteiger charge is 2.15. The lowest BCUT2D eigenvalue weighted by Gasteiger charge is -2.11. The second-order valence-corrected chi connectivity index (χ2v) is 5.68. The molecule has 0 aliphatic carbocycles. The highest BCUT2D eigenvalue weighted by molar-refractivity contribution is 6.07. The van der Waals surface area contributed by atoms with Gasteiger partial charge in [-0.05, 0) is 34.0 Å². The lowest BCUT2D eigenvalue weighted by molar-refractivity contribution is 0.0944. The van der Waals surface area contributed by atoms with Gasteiger partial charge in [-0.3, -0.25) is 4.79 Å². The van der Waals surface area contributed by atoms with E-state index in [0.29, 0.717) is 0 Å². The van der Waals surface area contributed by atoms with E-state index in [2.05, 4.69) is 34.9 Å². The van der Waals surface area contributed by atoms with Crippen LogP contribution in [0.15, 0.2) is 30.5 Å². The molecule has 20 heavy (non-hydrogen) atoms. The normalized spacial score (nSPS) is 11.5. The average Bonchev–Trinajstić information content (AvgIpc) is 2.74. The van der Waals surface area contributed by atoms with Crippen LogP contribution in [-0.4, -0.2) is 42.1 Å². The number of nitrogens with zero attached hydrogens (tertiary/aromatic N) is 2. The Hall–Kier alpha value is -1.81. The molecule has 0 aliphatic rings. The molecule has 1 amide bonds. The number of nitrogens with one attached hydrogen (secondary N) is 1. The van der Waals surface area contributed by atoms with Gasteiger partial charge in [-0.15, -0.1) is 0 Å². The molecule has 2 rings (SSSR count). The Morgan fingerprint density at radius 1 is 1.30 bits per heavy atom. The predicted molar refractivity (Wildman–Crippen MR) is 83.1 cm³/mol. The van der Waals surface area contributed by atoms with Crippen LogP contribution < -0.4 is 5.32 Å². The summed E-state index contributed by atoms with van der Waals surface area (Å²) in [4.78, 5) is 14.4. The van der Waals surface area contributed by atoms with E-state index in [-0.39, 0.29) is 11.9 Å². The Morgan fingerprint density at radius 2 is 2.00 bits per heavy atom. The van der Waals surface area contributed by atoms with Crippen molar-refractivity contribution in [3.05, 3.63) is 36.0 Å². The quantitative estimate of drug-likeness (QED) is 0.908. The van der Waals surface area contributed by atoms with Crippen molar-refractivity contribution in [2.75, 3.05) is 20.6 Å². The molecule has 0 radical (unpaired) electrons. The van der Waals surface area contributed by atoms with Crippen molar-refractivity contribution >= 4 is 16.8 Å². The largest absolute Gasteiger partial charge is 0.350 e.